The number of sulfonamides is 1. The highest BCUT2D eigenvalue weighted by Gasteiger charge is 2.20. The fourth-order valence-corrected chi connectivity index (χ4v) is 3.12. The lowest BCUT2D eigenvalue weighted by Gasteiger charge is -2.12. The molecule has 0 aliphatic carbocycles. The fraction of sp³-hybridized carbons (Fsp3) is 0.200. The second-order valence-corrected chi connectivity index (χ2v) is 6.01. The maximum atomic E-state index is 13.3. The molecule has 22 heavy (non-hydrogen) atoms. The van der Waals surface area contributed by atoms with Crippen molar-refractivity contribution >= 4 is 15.7 Å². The molecule has 0 bridgehead atoms. The maximum absolute atomic E-state index is 13.3. The molecule has 0 saturated carbocycles. The molecule has 2 rings (SSSR count). The van der Waals surface area contributed by atoms with Crippen LogP contribution in [0.1, 0.15) is 6.92 Å². The van der Waals surface area contributed by atoms with Crippen molar-refractivity contribution in [3.05, 3.63) is 48.3 Å². The number of ether oxygens (including phenoxy) is 2. The highest BCUT2D eigenvalue weighted by Crippen LogP contribution is 2.27. The second kappa shape index (κ2) is 6.65. The summed E-state index contributed by atoms with van der Waals surface area (Å²) in [5.74, 6) is -0.0620. The van der Waals surface area contributed by atoms with Gasteiger partial charge in [0.1, 0.15) is 22.2 Å². The Bertz CT molecular complexity index is 762. The minimum atomic E-state index is -3.98. The molecule has 0 atom stereocenters. The summed E-state index contributed by atoms with van der Waals surface area (Å²) >= 11 is 0. The third kappa shape index (κ3) is 3.67. The quantitative estimate of drug-likeness (QED) is 0.886. The molecule has 0 amide bonds. The van der Waals surface area contributed by atoms with Crippen LogP contribution in [0.15, 0.2) is 47.4 Å². The number of nitrogens with one attached hydrogen (secondary N) is 1. The summed E-state index contributed by atoms with van der Waals surface area (Å²) < 4.78 is 50.8. The number of hydrogen-bond acceptors (Lipinski definition) is 4. The topological polar surface area (TPSA) is 64.6 Å². The van der Waals surface area contributed by atoms with E-state index < -0.39 is 15.8 Å². The molecular formula is C15H16FNO4S. The van der Waals surface area contributed by atoms with E-state index in [1.54, 1.807) is 24.3 Å². The van der Waals surface area contributed by atoms with Gasteiger partial charge >= 0.3 is 0 Å². The third-order valence-corrected chi connectivity index (χ3v) is 4.21. The molecule has 0 unspecified atom stereocenters. The average Bonchev–Trinajstić information content (AvgIpc) is 2.47. The number of benzene rings is 2. The van der Waals surface area contributed by atoms with Gasteiger partial charge in [0.15, 0.2) is 0 Å². The van der Waals surface area contributed by atoms with Gasteiger partial charge in [0.2, 0.25) is 0 Å². The lowest BCUT2D eigenvalue weighted by atomic mass is 10.3. The van der Waals surface area contributed by atoms with Crippen molar-refractivity contribution in [2.45, 2.75) is 11.8 Å². The maximum Gasteiger partial charge on any atom is 0.265 e. The van der Waals surface area contributed by atoms with Crippen LogP contribution in [0.3, 0.4) is 0 Å². The lowest BCUT2D eigenvalue weighted by Crippen LogP contribution is -2.14. The Morgan fingerprint density at radius 2 is 1.95 bits per heavy atom. The first-order valence-corrected chi connectivity index (χ1v) is 8.04. The molecule has 2 aromatic carbocycles. The van der Waals surface area contributed by atoms with Crippen molar-refractivity contribution in [1.29, 1.82) is 0 Å². The smallest absolute Gasteiger partial charge is 0.265 e. The van der Waals surface area contributed by atoms with Crippen LogP contribution in [0.25, 0.3) is 0 Å². The van der Waals surface area contributed by atoms with Crippen molar-refractivity contribution in [2.75, 3.05) is 18.4 Å². The van der Waals surface area contributed by atoms with E-state index in [2.05, 4.69) is 4.72 Å². The molecule has 2 aromatic rings. The van der Waals surface area contributed by atoms with E-state index in [9.17, 15) is 12.8 Å². The Hall–Kier alpha value is -2.28. The van der Waals surface area contributed by atoms with Gasteiger partial charge in [0.25, 0.3) is 10.0 Å². The summed E-state index contributed by atoms with van der Waals surface area (Å²) in [4.78, 5) is -0.267. The molecule has 0 spiro atoms. The number of hydrogen-bond donors (Lipinski definition) is 1. The van der Waals surface area contributed by atoms with Crippen LogP contribution >= 0.6 is 0 Å². The monoisotopic (exact) mass is 325 g/mol. The van der Waals surface area contributed by atoms with Crippen LogP contribution in [0.5, 0.6) is 11.5 Å². The molecule has 0 heterocycles. The second-order valence-electron chi connectivity index (χ2n) is 4.36. The standard InChI is InChI=1S/C15H16FNO4S/c1-3-21-13-6-4-5-12(10-13)17-22(18,19)15-9-11(16)7-8-14(15)20-2/h4-10,17H,3H2,1-2H3. The van der Waals surface area contributed by atoms with E-state index in [4.69, 9.17) is 9.47 Å². The van der Waals surface area contributed by atoms with Gasteiger partial charge in [0, 0.05) is 6.07 Å². The predicted molar refractivity (Wildman–Crippen MR) is 81.4 cm³/mol. The molecule has 0 fully saturated rings. The summed E-state index contributed by atoms with van der Waals surface area (Å²) in [5.41, 5.74) is 0.317. The number of anilines is 1. The Morgan fingerprint density at radius 3 is 2.64 bits per heavy atom. The van der Waals surface area contributed by atoms with Crippen LogP contribution in [0, 0.1) is 5.82 Å². The summed E-state index contributed by atoms with van der Waals surface area (Å²) in [6, 6.07) is 9.80. The van der Waals surface area contributed by atoms with Gasteiger partial charge in [0.05, 0.1) is 19.4 Å². The number of methoxy groups -OCH3 is 1. The highest BCUT2D eigenvalue weighted by atomic mass is 32.2. The minimum absolute atomic E-state index is 0.0647. The van der Waals surface area contributed by atoms with E-state index in [1.807, 2.05) is 6.92 Å². The molecule has 0 aromatic heterocycles. The Labute approximate surface area is 128 Å². The normalized spacial score (nSPS) is 11.0. The van der Waals surface area contributed by atoms with E-state index >= 15 is 0 Å². The van der Waals surface area contributed by atoms with Crippen molar-refractivity contribution in [2.24, 2.45) is 0 Å². The van der Waals surface area contributed by atoms with Crippen LogP contribution < -0.4 is 14.2 Å². The zero-order chi connectivity index (χ0) is 16.2. The first-order chi connectivity index (χ1) is 10.5. The summed E-state index contributed by atoms with van der Waals surface area (Å²) in [5, 5.41) is 0. The third-order valence-electron chi connectivity index (χ3n) is 2.81. The first-order valence-electron chi connectivity index (χ1n) is 6.55. The van der Waals surface area contributed by atoms with E-state index in [0.717, 1.165) is 12.1 Å². The Kier molecular flexibility index (Phi) is 4.87. The lowest BCUT2D eigenvalue weighted by molar-refractivity contribution is 0.340. The van der Waals surface area contributed by atoms with Crippen LogP contribution in [-0.4, -0.2) is 22.1 Å². The van der Waals surface area contributed by atoms with Crippen LogP contribution in [0.4, 0.5) is 10.1 Å². The zero-order valence-electron chi connectivity index (χ0n) is 12.2. The van der Waals surface area contributed by atoms with Crippen molar-refractivity contribution in [1.82, 2.24) is 0 Å². The van der Waals surface area contributed by atoms with Crippen molar-refractivity contribution in [3.8, 4) is 11.5 Å². The predicted octanol–water partition coefficient (Wildman–Crippen LogP) is 3.03. The van der Waals surface area contributed by atoms with Gasteiger partial charge in [-0.1, -0.05) is 6.07 Å². The Morgan fingerprint density at radius 1 is 1.18 bits per heavy atom. The Balaban J connectivity index is 2.35. The summed E-state index contributed by atoms with van der Waals surface area (Å²) in [7, 11) is -2.66. The fourth-order valence-electron chi connectivity index (χ4n) is 1.89. The minimum Gasteiger partial charge on any atom is -0.495 e. The number of halogens is 1. The number of rotatable bonds is 6. The summed E-state index contributed by atoms with van der Waals surface area (Å²) in [6.45, 7) is 2.29. The molecular weight excluding hydrogens is 309 g/mol. The molecule has 0 aliphatic heterocycles. The van der Waals surface area contributed by atoms with Gasteiger partial charge in [-0.2, -0.15) is 0 Å². The molecule has 0 aliphatic rings. The van der Waals surface area contributed by atoms with Gasteiger partial charge in [-0.25, -0.2) is 12.8 Å². The van der Waals surface area contributed by atoms with Gasteiger partial charge in [-0.05, 0) is 37.3 Å². The first kappa shape index (κ1) is 16.1. The molecule has 5 nitrogen and oxygen atoms in total. The molecule has 7 heteroatoms. The molecule has 1 N–H and O–H groups in total. The molecule has 0 radical (unpaired) electrons. The zero-order valence-corrected chi connectivity index (χ0v) is 13.0. The molecule has 0 saturated heterocycles. The van der Waals surface area contributed by atoms with Crippen LogP contribution in [-0.2, 0) is 10.0 Å². The molecule has 118 valence electrons. The average molecular weight is 325 g/mol. The van der Waals surface area contributed by atoms with Gasteiger partial charge in [-0.15, -0.1) is 0 Å². The van der Waals surface area contributed by atoms with Gasteiger partial charge < -0.3 is 9.47 Å². The van der Waals surface area contributed by atoms with Crippen molar-refractivity contribution < 1.29 is 22.3 Å². The van der Waals surface area contributed by atoms with Crippen molar-refractivity contribution in [3.63, 3.8) is 0 Å². The van der Waals surface area contributed by atoms with E-state index in [0.29, 0.717) is 18.0 Å². The van der Waals surface area contributed by atoms with Crippen LogP contribution in [0.2, 0.25) is 0 Å². The van der Waals surface area contributed by atoms with E-state index in [-0.39, 0.29) is 10.6 Å². The van der Waals surface area contributed by atoms with E-state index in [1.165, 1.54) is 13.2 Å². The SMILES string of the molecule is CCOc1cccc(NS(=O)(=O)c2cc(F)ccc2OC)c1. The van der Waals surface area contributed by atoms with Gasteiger partial charge in [-0.3, -0.25) is 4.72 Å². The largest absolute Gasteiger partial charge is 0.495 e. The summed E-state index contributed by atoms with van der Waals surface area (Å²) in [6.07, 6.45) is 0. The highest BCUT2D eigenvalue weighted by molar-refractivity contribution is 7.92.